The Kier molecular flexibility index (Phi) is 3.14. The highest BCUT2D eigenvalue weighted by molar-refractivity contribution is 5.86. The van der Waals surface area contributed by atoms with Crippen LogP contribution in [0.4, 0.5) is 11.5 Å². The lowest BCUT2D eigenvalue weighted by Gasteiger charge is -2.09. The molecule has 5 heteroatoms. The van der Waals surface area contributed by atoms with Gasteiger partial charge in [-0.05, 0) is 38.0 Å². The predicted octanol–water partition coefficient (Wildman–Crippen LogP) is 3.19. The SMILES string of the molecule is CCNc1nc2c(C)cc([N+](=O)[O-])cc2cc1C. The van der Waals surface area contributed by atoms with Crippen molar-refractivity contribution in [2.24, 2.45) is 0 Å². The van der Waals surface area contributed by atoms with E-state index in [1.807, 2.05) is 26.8 Å². The number of fused-ring (bicyclic) bond motifs is 1. The number of nitro benzene ring substituents is 1. The standard InChI is InChI=1S/C13H15N3O2/c1-4-14-13-9(3)5-10-7-11(16(17)18)6-8(2)12(10)15-13/h5-7H,4H2,1-3H3,(H,14,15). The number of rotatable bonds is 3. The highest BCUT2D eigenvalue weighted by Gasteiger charge is 2.12. The minimum atomic E-state index is -0.375. The summed E-state index contributed by atoms with van der Waals surface area (Å²) in [7, 11) is 0. The van der Waals surface area contributed by atoms with Crippen LogP contribution in [0.2, 0.25) is 0 Å². The van der Waals surface area contributed by atoms with Crippen LogP contribution in [-0.2, 0) is 0 Å². The van der Waals surface area contributed by atoms with Gasteiger partial charge in [0.15, 0.2) is 0 Å². The van der Waals surface area contributed by atoms with Gasteiger partial charge in [0.1, 0.15) is 5.82 Å². The number of nitro groups is 1. The molecular formula is C13H15N3O2. The quantitative estimate of drug-likeness (QED) is 0.666. The second-order valence-corrected chi connectivity index (χ2v) is 4.28. The van der Waals surface area contributed by atoms with Gasteiger partial charge < -0.3 is 5.32 Å². The van der Waals surface area contributed by atoms with Crippen molar-refractivity contribution in [3.05, 3.63) is 39.4 Å². The number of aryl methyl sites for hydroxylation is 2. The zero-order valence-corrected chi connectivity index (χ0v) is 10.7. The van der Waals surface area contributed by atoms with E-state index in [1.54, 1.807) is 12.1 Å². The molecule has 94 valence electrons. The van der Waals surface area contributed by atoms with E-state index in [0.717, 1.165) is 34.4 Å². The molecule has 1 aromatic heterocycles. The minimum Gasteiger partial charge on any atom is -0.370 e. The zero-order valence-electron chi connectivity index (χ0n) is 10.7. The van der Waals surface area contributed by atoms with E-state index < -0.39 is 0 Å². The van der Waals surface area contributed by atoms with Gasteiger partial charge in [-0.2, -0.15) is 0 Å². The van der Waals surface area contributed by atoms with Crippen LogP contribution < -0.4 is 5.32 Å². The molecule has 0 aliphatic carbocycles. The Morgan fingerprint density at radius 2 is 2.00 bits per heavy atom. The first-order valence-corrected chi connectivity index (χ1v) is 5.83. The molecule has 0 amide bonds. The Morgan fingerprint density at radius 3 is 2.61 bits per heavy atom. The summed E-state index contributed by atoms with van der Waals surface area (Å²) in [6, 6.07) is 5.05. The topological polar surface area (TPSA) is 68.1 Å². The number of nitrogens with zero attached hydrogens (tertiary/aromatic N) is 2. The summed E-state index contributed by atoms with van der Waals surface area (Å²) >= 11 is 0. The molecule has 0 atom stereocenters. The van der Waals surface area contributed by atoms with Crippen molar-refractivity contribution >= 4 is 22.4 Å². The van der Waals surface area contributed by atoms with Crippen molar-refractivity contribution in [1.29, 1.82) is 0 Å². The van der Waals surface area contributed by atoms with Crippen LogP contribution in [0, 0.1) is 24.0 Å². The maximum atomic E-state index is 10.8. The molecule has 1 heterocycles. The number of pyridine rings is 1. The van der Waals surface area contributed by atoms with Crippen LogP contribution in [-0.4, -0.2) is 16.5 Å². The smallest absolute Gasteiger partial charge is 0.270 e. The largest absolute Gasteiger partial charge is 0.370 e. The van der Waals surface area contributed by atoms with Crippen molar-refractivity contribution in [1.82, 2.24) is 4.98 Å². The number of hydrogen-bond donors (Lipinski definition) is 1. The normalized spacial score (nSPS) is 10.6. The summed E-state index contributed by atoms with van der Waals surface area (Å²) in [4.78, 5) is 15.0. The molecule has 2 aromatic rings. The monoisotopic (exact) mass is 245 g/mol. The first kappa shape index (κ1) is 12.3. The first-order valence-electron chi connectivity index (χ1n) is 5.83. The van der Waals surface area contributed by atoms with Gasteiger partial charge >= 0.3 is 0 Å². The van der Waals surface area contributed by atoms with E-state index in [9.17, 15) is 10.1 Å². The number of nitrogens with one attached hydrogen (secondary N) is 1. The lowest BCUT2D eigenvalue weighted by molar-refractivity contribution is -0.384. The summed E-state index contributed by atoms with van der Waals surface area (Å²) in [5, 5.41) is 14.8. The maximum absolute atomic E-state index is 10.8. The molecule has 0 unspecified atom stereocenters. The molecule has 0 bridgehead atoms. The summed E-state index contributed by atoms with van der Waals surface area (Å²) in [6.45, 7) is 6.59. The van der Waals surface area contributed by atoms with E-state index in [0.29, 0.717) is 0 Å². The number of anilines is 1. The highest BCUT2D eigenvalue weighted by Crippen LogP contribution is 2.26. The summed E-state index contributed by atoms with van der Waals surface area (Å²) in [5.41, 5.74) is 2.72. The Labute approximate surface area is 105 Å². The molecule has 0 saturated heterocycles. The van der Waals surface area contributed by atoms with E-state index in [1.165, 1.54) is 0 Å². The molecule has 0 spiro atoms. The Balaban J connectivity index is 2.68. The Morgan fingerprint density at radius 1 is 1.28 bits per heavy atom. The second kappa shape index (κ2) is 4.60. The number of benzene rings is 1. The fourth-order valence-electron chi connectivity index (χ4n) is 2.00. The van der Waals surface area contributed by atoms with Gasteiger partial charge in [-0.25, -0.2) is 4.98 Å². The van der Waals surface area contributed by atoms with Crippen molar-refractivity contribution in [3.8, 4) is 0 Å². The molecule has 0 aliphatic rings. The van der Waals surface area contributed by atoms with E-state index in [4.69, 9.17) is 0 Å². The highest BCUT2D eigenvalue weighted by atomic mass is 16.6. The Bertz CT molecular complexity index is 623. The van der Waals surface area contributed by atoms with Gasteiger partial charge in [-0.15, -0.1) is 0 Å². The second-order valence-electron chi connectivity index (χ2n) is 4.28. The molecule has 1 aromatic carbocycles. The van der Waals surface area contributed by atoms with Gasteiger partial charge in [0, 0.05) is 24.1 Å². The lowest BCUT2D eigenvalue weighted by atomic mass is 10.1. The van der Waals surface area contributed by atoms with E-state index in [-0.39, 0.29) is 10.6 Å². The van der Waals surface area contributed by atoms with Gasteiger partial charge in [-0.1, -0.05) is 0 Å². The average molecular weight is 245 g/mol. The van der Waals surface area contributed by atoms with E-state index >= 15 is 0 Å². The molecule has 0 saturated carbocycles. The summed E-state index contributed by atoms with van der Waals surface area (Å²) < 4.78 is 0. The van der Waals surface area contributed by atoms with Gasteiger partial charge in [0.25, 0.3) is 5.69 Å². The molecule has 0 aliphatic heterocycles. The van der Waals surface area contributed by atoms with Crippen molar-refractivity contribution in [3.63, 3.8) is 0 Å². The fraction of sp³-hybridized carbons (Fsp3) is 0.308. The minimum absolute atomic E-state index is 0.109. The van der Waals surface area contributed by atoms with Gasteiger partial charge in [0.2, 0.25) is 0 Å². The number of aromatic nitrogens is 1. The van der Waals surface area contributed by atoms with Gasteiger partial charge in [0.05, 0.1) is 10.4 Å². The number of non-ortho nitro benzene ring substituents is 1. The third-order valence-corrected chi connectivity index (χ3v) is 2.84. The molecule has 0 fully saturated rings. The van der Waals surface area contributed by atoms with Crippen LogP contribution in [0.1, 0.15) is 18.1 Å². The van der Waals surface area contributed by atoms with Crippen LogP contribution in [0.15, 0.2) is 18.2 Å². The number of hydrogen-bond acceptors (Lipinski definition) is 4. The molecule has 0 radical (unpaired) electrons. The maximum Gasteiger partial charge on any atom is 0.270 e. The zero-order chi connectivity index (χ0) is 13.3. The first-order chi connectivity index (χ1) is 8.52. The van der Waals surface area contributed by atoms with Crippen LogP contribution in [0.3, 0.4) is 0 Å². The Hall–Kier alpha value is -2.17. The van der Waals surface area contributed by atoms with Crippen LogP contribution in [0.25, 0.3) is 10.9 Å². The van der Waals surface area contributed by atoms with Crippen molar-refractivity contribution in [2.75, 3.05) is 11.9 Å². The average Bonchev–Trinajstić information content (AvgIpc) is 2.30. The van der Waals surface area contributed by atoms with Crippen molar-refractivity contribution < 1.29 is 4.92 Å². The molecule has 2 rings (SSSR count). The molecule has 18 heavy (non-hydrogen) atoms. The van der Waals surface area contributed by atoms with E-state index in [2.05, 4.69) is 10.3 Å². The van der Waals surface area contributed by atoms with Gasteiger partial charge in [-0.3, -0.25) is 10.1 Å². The van der Waals surface area contributed by atoms with Crippen LogP contribution in [0.5, 0.6) is 0 Å². The molecule has 5 nitrogen and oxygen atoms in total. The third-order valence-electron chi connectivity index (χ3n) is 2.84. The fourth-order valence-corrected chi connectivity index (χ4v) is 2.00. The molecular weight excluding hydrogens is 230 g/mol. The lowest BCUT2D eigenvalue weighted by Crippen LogP contribution is -2.02. The summed E-state index contributed by atoms with van der Waals surface area (Å²) in [5.74, 6) is 0.835. The third kappa shape index (κ3) is 2.11. The van der Waals surface area contributed by atoms with Crippen LogP contribution >= 0.6 is 0 Å². The molecule has 1 N–H and O–H groups in total. The summed E-state index contributed by atoms with van der Waals surface area (Å²) in [6.07, 6.45) is 0. The van der Waals surface area contributed by atoms with Crippen molar-refractivity contribution in [2.45, 2.75) is 20.8 Å². The predicted molar refractivity (Wildman–Crippen MR) is 72.0 cm³/mol.